The largest absolute Gasteiger partial charge is 0.507 e. The Morgan fingerprint density at radius 3 is 1.91 bits per heavy atom. The molecule has 0 saturated carbocycles. The van der Waals surface area contributed by atoms with Crippen molar-refractivity contribution >= 4 is 19.6 Å². The predicted octanol–water partition coefficient (Wildman–Crippen LogP) is 7.98. The number of phenols is 1. The maximum atomic E-state index is 10.9. The fourth-order valence-corrected chi connectivity index (χ4v) is 6.40. The molecular weight excluding hydrogens is 445 g/mol. The van der Waals surface area contributed by atoms with Crippen LogP contribution in [0.1, 0.15) is 52.4 Å². The zero-order valence-corrected chi connectivity index (χ0v) is 22.3. The standard InChI is InChI=1S/C32H36NOP/c1-5-30(28-20-23(2)19-25(4)31(28)34)35-32-24(3)13-12-18-29(32)33(21-26-14-8-6-9-15-26)22-27-16-10-7-11-17-27/h6-20,30,34-35H,5,21-22H2,1-4H3. The van der Waals surface area contributed by atoms with Gasteiger partial charge < -0.3 is 10.0 Å². The van der Waals surface area contributed by atoms with Crippen molar-refractivity contribution in [2.45, 2.75) is 52.9 Å². The molecule has 0 aromatic heterocycles. The first-order valence-electron chi connectivity index (χ1n) is 12.4. The molecule has 4 aromatic rings. The number of hydrogen-bond donors (Lipinski definition) is 1. The molecule has 0 saturated heterocycles. The normalized spacial score (nSPS) is 12.2. The lowest BCUT2D eigenvalue weighted by Gasteiger charge is -2.30. The van der Waals surface area contributed by atoms with Gasteiger partial charge in [0.2, 0.25) is 0 Å². The van der Waals surface area contributed by atoms with E-state index in [4.69, 9.17) is 0 Å². The van der Waals surface area contributed by atoms with Crippen molar-refractivity contribution in [1.82, 2.24) is 0 Å². The SMILES string of the molecule is CCC(Pc1c(C)cccc1N(Cc1ccccc1)Cc1ccccc1)c1cc(C)cc(C)c1O. The lowest BCUT2D eigenvalue weighted by Crippen LogP contribution is -2.27. The zero-order valence-electron chi connectivity index (χ0n) is 21.3. The summed E-state index contributed by atoms with van der Waals surface area (Å²) in [6, 6.07) is 32.4. The second kappa shape index (κ2) is 11.6. The van der Waals surface area contributed by atoms with E-state index < -0.39 is 0 Å². The van der Waals surface area contributed by atoms with Crippen LogP contribution >= 0.6 is 8.58 Å². The molecule has 0 radical (unpaired) electrons. The minimum Gasteiger partial charge on any atom is -0.507 e. The highest BCUT2D eigenvalue weighted by molar-refractivity contribution is 7.48. The van der Waals surface area contributed by atoms with Crippen LogP contribution in [0.5, 0.6) is 5.75 Å². The van der Waals surface area contributed by atoms with Crippen LogP contribution in [-0.2, 0) is 13.1 Å². The van der Waals surface area contributed by atoms with Crippen LogP contribution in [0.4, 0.5) is 5.69 Å². The van der Waals surface area contributed by atoms with E-state index in [9.17, 15) is 5.11 Å². The fourth-order valence-electron chi connectivity index (χ4n) is 4.77. The Kier molecular flexibility index (Phi) is 8.26. The smallest absolute Gasteiger partial charge is 0.122 e. The second-order valence-corrected chi connectivity index (χ2v) is 10.9. The molecule has 0 heterocycles. The molecule has 0 spiro atoms. The van der Waals surface area contributed by atoms with Crippen molar-refractivity contribution < 1.29 is 5.11 Å². The number of benzene rings is 4. The summed E-state index contributed by atoms with van der Waals surface area (Å²) in [5.74, 6) is 0.454. The number of aryl methyl sites for hydroxylation is 3. The first kappa shape index (κ1) is 25.0. The molecule has 0 aliphatic rings. The molecule has 4 rings (SSSR count). The quantitative estimate of drug-likeness (QED) is 0.245. The van der Waals surface area contributed by atoms with E-state index in [-0.39, 0.29) is 5.66 Å². The van der Waals surface area contributed by atoms with Gasteiger partial charge in [0.05, 0.1) is 0 Å². The van der Waals surface area contributed by atoms with Gasteiger partial charge in [-0.2, -0.15) is 0 Å². The molecule has 1 N–H and O–H groups in total. The Morgan fingerprint density at radius 1 is 0.743 bits per heavy atom. The topological polar surface area (TPSA) is 23.5 Å². The van der Waals surface area contributed by atoms with Gasteiger partial charge in [0.25, 0.3) is 0 Å². The lowest BCUT2D eigenvalue weighted by atomic mass is 10.0. The van der Waals surface area contributed by atoms with Gasteiger partial charge in [-0.15, -0.1) is 0 Å². The molecule has 2 atom stereocenters. The molecule has 3 heteroatoms. The number of phenolic OH excluding ortho intramolecular Hbond substituents is 1. The molecule has 2 unspecified atom stereocenters. The molecule has 0 amide bonds. The van der Waals surface area contributed by atoms with Crippen LogP contribution in [0.3, 0.4) is 0 Å². The average molecular weight is 482 g/mol. The summed E-state index contributed by atoms with van der Waals surface area (Å²) in [5.41, 5.74) is 8.74. The van der Waals surface area contributed by atoms with Crippen molar-refractivity contribution in [1.29, 1.82) is 0 Å². The lowest BCUT2D eigenvalue weighted by molar-refractivity contribution is 0.462. The summed E-state index contributed by atoms with van der Waals surface area (Å²) in [7, 11) is 0.572. The Bertz CT molecular complexity index is 1210. The van der Waals surface area contributed by atoms with E-state index in [0.29, 0.717) is 14.3 Å². The molecule has 0 aliphatic carbocycles. The van der Waals surface area contributed by atoms with Crippen molar-refractivity contribution in [2.75, 3.05) is 4.90 Å². The van der Waals surface area contributed by atoms with Gasteiger partial charge in [-0.05, 0) is 60.8 Å². The Balaban J connectivity index is 1.74. The summed E-state index contributed by atoms with van der Waals surface area (Å²) >= 11 is 0. The van der Waals surface area contributed by atoms with E-state index in [2.05, 4.69) is 117 Å². The maximum absolute atomic E-state index is 10.9. The van der Waals surface area contributed by atoms with Crippen LogP contribution in [-0.4, -0.2) is 5.11 Å². The number of hydrogen-bond acceptors (Lipinski definition) is 2. The molecule has 0 bridgehead atoms. The van der Waals surface area contributed by atoms with Gasteiger partial charge in [0.1, 0.15) is 5.75 Å². The van der Waals surface area contributed by atoms with Crippen LogP contribution in [0.2, 0.25) is 0 Å². The highest BCUT2D eigenvalue weighted by atomic mass is 31.1. The number of anilines is 1. The van der Waals surface area contributed by atoms with Gasteiger partial charge in [-0.1, -0.05) is 106 Å². The van der Waals surface area contributed by atoms with Crippen LogP contribution in [0.15, 0.2) is 91.0 Å². The molecule has 180 valence electrons. The van der Waals surface area contributed by atoms with Crippen LogP contribution in [0.25, 0.3) is 0 Å². The van der Waals surface area contributed by atoms with E-state index in [1.807, 2.05) is 6.92 Å². The van der Waals surface area contributed by atoms with E-state index in [1.54, 1.807) is 0 Å². The second-order valence-electron chi connectivity index (χ2n) is 9.42. The van der Waals surface area contributed by atoms with Crippen LogP contribution in [0, 0.1) is 20.8 Å². The summed E-state index contributed by atoms with van der Waals surface area (Å²) in [6.07, 6.45) is 0.986. The van der Waals surface area contributed by atoms with E-state index >= 15 is 0 Å². The van der Waals surface area contributed by atoms with Crippen molar-refractivity contribution in [3.05, 3.63) is 124 Å². The third-order valence-electron chi connectivity index (χ3n) is 6.60. The number of rotatable bonds is 9. The Morgan fingerprint density at radius 2 is 1.34 bits per heavy atom. The third-order valence-corrected chi connectivity index (χ3v) is 8.61. The van der Waals surface area contributed by atoms with E-state index in [1.165, 1.54) is 33.2 Å². The molecule has 2 nitrogen and oxygen atoms in total. The predicted molar refractivity (Wildman–Crippen MR) is 153 cm³/mol. The molecule has 35 heavy (non-hydrogen) atoms. The zero-order chi connectivity index (χ0) is 24.8. The molecular formula is C32H36NOP. The maximum Gasteiger partial charge on any atom is 0.122 e. The van der Waals surface area contributed by atoms with Gasteiger partial charge in [0, 0.05) is 30.0 Å². The minimum atomic E-state index is 0.281. The summed E-state index contributed by atoms with van der Waals surface area (Å²) in [4.78, 5) is 2.51. The monoisotopic (exact) mass is 481 g/mol. The Hall–Kier alpha value is -3.09. The van der Waals surface area contributed by atoms with Crippen LogP contribution < -0.4 is 10.2 Å². The Labute approximate surface area is 212 Å². The third kappa shape index (κ3) is 6.13. The van der Waals surface area contributed by atoms with Crippen molar-refractivity contribution in [3.8, 4) is 5.75 Å². The summed E-state index contributed by atoms with van der Waals surface area (Å²) in [6.45, 7) is 10.3. The molecule has 0 aliphatic heterocycles. The van der Waals surface area contributed by atoms with E-state index in [0.717, 1.165) is 30.6 Å². The fraction of sp³-hybridized carbons (Fsp3) is 0.250. The van der Waals surface area contributed by atoms with Gasteiger partial charge in [-0.25, -0.2) is 0 Å². The van der Waals surface area contributed by atoms with Gasteiger partial charge in [-0.3, -0.25) is 0 Å². The van der Waals surface area contributed by atoms with Crippen molar-refractivity contribution in [2.24, 2.45) is 0 Å². The van der Waals surface area contributed by atoms with Gasteiger partial charge in [0.15, 0.2) is 0 Å². The highest BCUT2D eigenvalue weighted by Gasteiger charge is 2.21. The molecule has 4 aromatic carbocycles. The number of nitrogens with zero attached hydrogens (tertiary/aromatic N) is 1. The van der Waals surface area contributed by atoms with Gasteiger partial charge >= 0.3 is 0 Å². The first-order valence-corrected chi connectivity index (χ1v) is 13.5. The number of aromatic hydroxyl groups is 1. The highest BCUT2D eigenvalue weighted by Crippen LogP contribution is 2.44. The summed E-state index contributed by atoms with van der Waals surface area (Å²) in [5, 5.41) is 12.3. The minimum absolute atomic E-state index is 0.281. The first-order chi connectivity index (χ1) is 17.0. The summed E-state index contributed by atoms with van der Waals surface area (Å²) < 4.78 is 0. The van der Waals surface area contributed by atoms with Crippen molar-refractivity contribution in [3.63, 3.8) is 0 Å². The average Bonchev–Trinajstić information content (AvgIpc) is 2.86. The molecule has 0 fully saturated rings.